The normalized spacial score (nSPS) is 14.4. The van der Waals surface area contributed by atoms with Crippen molar-refractivity contribution in [3.05, 3.63) is 86.3 Å². The second kappa shape index (κ2) is 13.5. The number of amides is 3. The van der Waals surface area contributed by atoms with Gasteiger partial charge in [-0.05, 0) is 55.3 Å². The van der Waals surface area contributed by atoms with Gasteiger partial charge in [0.15, 0.2) is 17.3 Å². The van der Waals surface area contributed by atoms with E-state index in [-0.39, 0.29) is 90.1 Å². The SMILES string of the molecule is CCc1c(N2CCN(C(=O)c3ncnc(C)c3O)CC2)c(=O)n2nc(-c3ccc4c(c3)CC(=O)N4)nc2n1CC(=O)Nc1ccc(C(F)(F)F)cc1Cl. The Labute approximate surface area is 303 Å². The van der Waals surface area contributed by atoms with Gasteiger partial charge in [0.05, 0.1) is 34.1 Å². The number of halogens is 4. The fourth-order valence-electron chi connectivity index (χ4n) is 6.45. The van der Waals surface area contributed by atoms with Crippen molar-refractivity contribution in [2.24, 2.45) is 0 Å². The minimum atomic E-state index is -4.63. The molecule has 0 bridgehead atoms. The molecule has 7 rings (SSSR count). The van der Waals surface area contributed by atoms with Crippen LogP contribution in [0.25, 0.3) is 17.2 Å². The third-order valence-corrected chi connectivity index (χ3v) is 9.42. The van der Waals surface area contributed by atoms with Crippen LogP contribution in [0.15, 0.2) is 47.5 Å². The topological polar surface area (TPSA) is 180 Å². The number of aromatic nitrogens is 6. The highest BCUT2D eigenvalue weighted by Gasteiger charge is 2.32. The lowest BCUT2D eigenvalue weighted by Crippen LogP contribution is -2.51. The van der Waals surface area contributed by atoms with Gasteiger partial charge in [-0.1, -0.05) is 18.5 Å². The molecule has 3 amide bonds. The second-order valence-corrected chi connectivity index (χ2v) is 12.9. The molecule has 1 saturated heterocycles. The highest BCUT2D eigenvalue weighted by atomic mass is 35.5. The lowest BCUT2D eigenvalue weighted by molar-refractivity contribution is -0.137. The number of hydrogen-bond donors (Lipinski definition) is 3. The number of aromatic hydroxyl groups is 1. The van der Waals surface area contributed by atoms with E-state index in [4.69, 9.17) is 11.6 Å². The van der Waals surface area contributed by atoms with Crippen molar-refractivity contribution in [2.75, 3.05) is 41.7 Å². The van der Waals surface area contributed by atoms with Gasteiger partial charge in [-0.2, -0.15) is 22.7 Å². The second-order valence-electron chi connectivity index (χ2n) is 12.5. The van der Waals surface area contributed by atoms with Crippen LogP contribution in [-0.4, -0.2) is 83.0 Å². The predicted molar refractivity (Wildman–Crippen MR) is 186 cm³/mol. The van der Waals surface area contributed by atoms with E-state index in [1.54, 1.807) is 36.9 Å². The maximum Gasteiger partial charge on any atom is 0.416 e. The molecule has 19 heteroatoms. The Morgan fingerprint density at radius 1 is 1.06 bits per heavy atom. The highest BCUT2D eigenvalue weighted by molar-refractivity contribution is 6.33. The number of anilines is 3. The molecule has 0 radical (unpaired) electrons. The number of aryl methyl sites for hydroxylation is 1. The Morgan fingerprint density at radius 2 is 1.81 bits per heavy atom. The summed E-state index contributed by atoms with van der Waals surface area (Å²) < 4.78 is 42.3. The molecule has 3 aromatic heterocycles. The quantitative estimate of drug-likeness (QED) is 0.222. The third kappa shape index (κ3) is 6.61. The predicted octanol–water partition coefficient (Wildman–Crippen LogP) is 3.69. The van der Waals surface area contributed by atoms with Gasteiger partial charge in [0.2, 0.25) is 17.6 Å². The smallest absolute Gasteiger partial charge is 0.416 e. The molecule has 2 aliphatic heterocycles. The van der Waals surface area contributed by atoms with E-state index in [0.717, 1.165) is 22.2 Å². The molecule has 15 nitrogen and oxygen atoms in total. The minimum Gasteiger partial charge on any atom is -0.504 e. The zero-order chi connectivity index (χ0) is 37.8. The summed E-state index contributed by atoms with van der Waals surface area (Å²) in [6.45, 7) is 3.64. The van der Waals surface area contributed by atoms with Crippen LogP contribution in [0.5, 0.6) is 5.75 Å². The molecular formula is C34H30ClF3N10O5. The van der Waals surface area contributed by atoms with Gasteiger partial charge in [0, 0.05) is 37.4 Å². The van der Waals surface area contributed by atoms with Crippen molar-refractivity contribution in [2.45, 2.75) is 39.4 Å². The van der Waals surface area contributed by atoms with Crippen LogP contribution in [0.2, 0.25) is 5.02 Å². The summed E-state index contributed by atoms with van der Waals surface area (Å²) in [6.07, 6.45) is -3.04. The Balaban J connectivity index is 1.26. The van der Waals surface area contributed by atoms with E-state index in [1.165, 1.54) is 15.8 Å². The number of carbonyl (C=O) groups is 3. The van der Waals surface area contributed by atoms with Crippen LogP contribution < -0.4 is 21.1 Å². The van der Waals surface area contributed by atoms with Gasteiger partial charge in [-0.25, -0.2) is 9.97 Å². The molecule has 0 aliphatic carbocycles. The molecule has 1 fully saturated rings. The summed E-state index contributed by atoms with van der Waals surface area (Å²) in [6, 6.07) is 7.72. The van der Waals surface area contributed by atoms with Gasteiger partial charge in [0.1, 0.15) is 18.6 Å². The van der Waals surface area contributed by atoms with E-state index < -0.39 is 35.7 Å². The van der Waals surface area contributed by atoms with Crippen LogP contribution in [0.4, 0.5) is 30.2 Å². The van der Waals surface area contributed by atoms with Crippen LogP contribution in [0.3, 0.4) is 0 Å². The fourth-order valence-corrected chi connectivity index (χ4v) is 6.68. The van der Waals surface area contributed by atoms with Gasteiger partial charge < -0.3 is 30.1 Å². The molecule has 5 heterocycles. The van der Waals surface area contributed by atoms with Crippen LogP contribution in [0, 0.1) is 6.92 Å². The van der Waals surface area contributed by atoms with Gasteiger partial charge >= 0.3 is 6.18 Å². The number of alkyl halides is 3. The zero-order valence-corrected chi connectivity index (χ0v) is 28.9. The van der Waals surface area contributed by atoms with E-state index in [2.05, 4.69) is 30.7 Å². The number of nitrogens with zero attached hydrogens (tertiary/aromatic N) is 8. The summed E-state index contributed by atoms with van der Waals surface area (Å²) in [4.78, 5) is 68.9. The molecule has 5 aromatic rings. The van der Waals surface area contributed by atoms with E-state index >= 15 is 0 Å². The molecular weight excluding hydrogens is 721 g/mol. The first-order valence-electron chi connectivity index (χ1n) is 16.4. The lowest BCUT2D eigenvalue weighted by Gasteiger charge is -2.36. The molecule has 0 atom stereocenters. The number of rotatable bonds is 7. The number of piperazine rings is 1. The molecule has 0 unspecified atom stereocenters. The Kier molecular flexibility index (Phi) is 9.01. The Bertz CT molecular complexity index is 2390. The Hall–Kier alpha value is -6.04. The maximum absolute atomic E-state index is 14.3. The first kappa shape index (κ1) is 35.4. The summed E-state index contributed by atoms with van der Waals surface area (Å²) in [5, 5.41) is 19.9. The molecule has 274 valence electrons. The maximum atomic E-state index is 14.3. The summed E-state index contributed by atoms with van der Waals surface area (Å²) in [5.74, 6) is -1.47. The number of fused-ring (bicyclic) bond motifs is 2. The van der Waals surface area contributed by atoms with Gasteiger partial charge in [-0.3, -0.25) is 19.2 Å². The number of nitrogens with one attached hydrogen (secondary N) is 2. The molecule has 0 spiro atoms. The van der Waals surface area contributed by atoms with Crippen molar-refractivity contribution in [3.8, 4) is 17.1 Å². The summed E-state index contributed by atoms with van der Waals surface area (Å²) >= 11 is 6.12. The van der Waals surface area contributed by atoms with E-state index in [0.29, 0.717) is 23.0 Å². The van der Waals surface area contributed by atoms with Gasteiger partial charge in [-0.15, -0.1) is 5.10 Å². The zero-order valence-electron chi connectivity index (χ0n) is 28.2. The first-order chi connectivity index (χ1) is 25.2. The van der Waals surface area contributed by atoms with Crippen LogP contribution in [-0.2, 0) is 35.2 Å². The largest absolute Gasteiger partial charge is 0.504 e. The minimum absolute atomic E-state index is 0.0254. The van der Waals surface area contributed by atoms with E-state index in [9.17, 15) is 37.5 Å². The van der Waals surface area contributed by atoms with Crippen molar-refractivity contribution in [3.63, 3.8) is 0 Å². The highest BCUT2D eigenvalue weighted by Crippen LogP contribution is 2.34. The number of hydrogen-bond acceptors (Lipinski definition) is 10. The summed E-state index contributed by atoms with van der Waals surface area (Å²) in [5.41, 5.74) is 1.10. The van der Waals surface area contributed by atoms with Crippen molar-refractivity contribution < 1.29 is 32.7 Å². The van der Waals surface area contributed by atoms with Crippen LogP contribution >= 0.6 is 11.6 Å². The first-order valence-corrected chi connectivity index (χ1v) is 16.8. The number of carbonyl (C=O) groups excluding carboxylic acids is 3. The fraction of sp³-hybridized carbons (Fsp3) is 0.294. The molecule has 2 aliphatic rings. The molecule has 53 heavy (non-hydrogen) atoms. The molecule has 2 aromatic carbocycles. The monoisotopic (exact) mass is 750 g/mol. The van der Waals surface area contributed by atoms with Crippen molar-refractivity contribution in [1.29, 1.82) is 0 Å². The molecule has 0 saturated carbocycles. The average molecular weight is 751 g/mol. The Morgan fingerprint density at radius 3 is 2.51 bits per heavy atom. The number of benzene rings is 2. The van der Waals surface area contributed by atoms with Gasteiger partial charge in [0.25, 0.3) is 11.5 Å². The average Bonchev–Trinajstić information content (AvgIpc) is 3.74. The van der Waals surface area contributed by atoms with Crippen molar-refractivity contribution >= 4 is 52.2 Å². The standard InChI is InChI=1S/C34H30ClF3N10O5/c1-3-24-28(45-8-10-46(11-9-45)31(52)27-29(51)17(2)39-16-40-27)32(53)48-33(43-30(44-48)18-4-6-22-19(12-18)13-25(49)41-22)47(24)15-26(50)42-23-7-5-20(14-21(23)35)34(36,37)38/h4-7,12,14,16,51H,3,8-11,13,15H2,1-2H3,(H,41,49)(H,42,50). The van der Waals surface area contributed by atoms with Crippen LogP contribution in [0.1, 0.15) is 39.9 Å². The summed E-state index contributed by atoms with van der Waals surface area (Å²) in [7, 11) is 0. The molecule has 3 N–H and O–H groups in total. The van der Waals surface area contributed by atoms with E-state index in [1.807, 2.05) is 0 Å². The lowest BCUT2D eigenvalue weighted by atomic mass is 10.1. The van der Waals surface area contributed by atoms with Crippen molar-refractivity contribution in [1.82, 2.24) is 34.0 Å². The third-order valence-electron chi connectivity index (χ3n) is 9.11.